The molecule has 0 bridgehead atoms. The lowest BCUT2D eigenvalue weighted by atomic mass is 9.89. The van der Waals surface area contributed by atoms with Crippen LogP contribution in [-0.2, 0) is 0 Å². The molecule has 5 heteroatoms. The van der Waals surface area contributed by atoms with Gasteiger partial charge in [-0.25, -0.2) is 4.39 Å². The van der Waals surface area contributed by atoms with E-state index in [1.165, 1.54) is 23.4 Å². The summed E-state index contributed by atoms with van der Waals surface area (Å²) in [6.45, 7) is 4.91. The summed E-state index contributed by atoms with van der Waals surface area (Å²) in [6.07, 6.45) is 0. The fraction of sp³-hybridized carbons (Fsp3) is 0.300. The van der Waals surface area contributed by atoms with Gasteiger partial charge in [0.05, 0.1) is 18.8 Å². The molecule has 2 aromatic rings. The minimum absolute atomic E-state index is 0.137. The molecule has 130 valence electrons. The Morgan fingerprint density at radius 1 is 1.24 bits per heavy atom. The minimum atomic E-state index is -0.286. The summed E-state index contributed by atoms with van der Waals surface area (Å²) in [5.74, 6) is 0.359. The Bertz CT molecular complexity index is 862. The third-order valence-electron chi connectivity index (χ3n) is 5.15. The van der Waals surface area contributed by atoms with Crippen LogP contribution in [0.4, 0.5) is 10.1 Å². The highest BCUT2D eigenvalue weighted by Gasteiger charge is 2.32. The number of nitrogens with one attached hydrogen (secondary N) is 1. The summed E-state index contributed by atoms with van der Waals surface area (Å²) >= 11 is 0. The molecule has 0 radical (unpaired) electrons. The van der Waals surface area contributed by atoms with Gasteiger partial charge in [-0.2, -0.15) is 0 Å². The number of para-hydroxylation sites is 1. The molecule has 1 unspecified atom stereocenters. The molecule has 25 heavy (non-hydrogen) atoms. The number of nitrogens with zero attached hydrogens (tertiary/aromatic N) is 1. The summed E-state index contributed by atoms with van der Waals surface area (Å²) in [6, 6.07) is 10.4. The fourth-order valence-electron chi connectivity index (χ4n) is 3.77. The first-order valence-electron chi connectivity index (χ1n) is 8.56. The Hall–Kier alpha value is -2.37. The summed E-state index contributed by atoms with van der Waals surface area (Å²) in [7, 11) is 1.60. The van der Waals surface area contributed by atoms with E-state index in [4.69, 9.17) is 10.5 Å². The van der Waals surface area contributed by atoms with Gasteiger partial charge in [0.15, 0.2) is 0 Å². The summed E-state index contributed by atoms with van der Waals surface area (Å²) in [5, 5.41) is 3.57. The normalized spacial score (nSPS) is 19.4. The van der Waals surface area contributed by atoms with Gasteiger partial charge in [0.1, 0.15) is 11.6 Å². The van der Waals surface area contributed by atoms with E-state index in [9.17, 15) is 4.39 Å². The van der Waals surface area contributed by atoms with Crippen LogP contribution < -0.4 is 15.8 Å². The van der Waals surface area contributed by atoms with Crippen molar-refractivity contribution in [2.45, 2.75) is 13.0 Å². The van der Waals surface area contributed by atoms with E-state index in [0.717, 1.165) is 42.0 Å². The second kappa shape index (κ2) is 6.17. The third kappa shape index (κ3) is 2.60. The number of benzene rings is 2. The van der Waals surface area contributed by atoms with E-state index in [1.807, 2.05) is 18.2 Å². The van der Waals surface area contributed by atoms with Crippen LogP contribution in [0.15, 0.2) is 47.7 Å². The minimum Gasteiger partial charge on any atom is -0.496 e. The van der Waals surface area contributed by atoms with Gasteiger partial charge in [-0.15, -0.1) is 0 Å². The van der Waals surface area contributed by atoms with Gasteiger partial charge in [0.25, 0.3) is 0 Å². The van der Waals surface area contributed by atoms with Gasteiger partial charge in [0.2, 0.25) is 0 Å². The third-order valence-corrected chi connectivity index (χ3v) is 5.15. The van der Waals surface area contributed by atoms with E-state index in [1.54, 1.807) is 13.2 Å². The summed E-state index contributed by atoms with van der Waals surface area (Å²) in [4.78, 5) is 2.35. The molecule has 0 aromatic heterocycles. The quantitative estimate of drug-likeness (QED) is 0.898. The maximum atomic E-state index is 13.9. The number of rotatable bonds is 3. The molecule has 0 spiro atoms. The zero-order chi connectivity index (χ0) is 17.6. The maximum Gasteiger partial charge on any atom is 0.126 e. The SMILES string of the molecule is CCN1CC2=C(C1)C(N)c1cccc(-c3cc(F)ccc3OC)c1N2. The van der Waals surface area contributed by atoms with Crippen LogP contribution in [0.2, 0.25) is 0 Å². The van der Waals surface area contributed by atoms with Crippen LogP contribution >= 0.6 is 0 Å². The topological polar surface area (TPSA) is 50.5 Å². The highest BCUT2D eigenvalue weighted by molar-refractivity contribution is 5.86. The van der Waals surface area contributed by atoms with Crippen LogP contribution in [0, 0.1) is 5.82 Å². The Balaban J connectivity index is 1.83. The second-order valence-corrected chi connectivity index (χ2v) is 6.52. The standard InChI is InChI=1S/C20H22FN3O/c1-3-24-10-16-17(11-24)23-20-13(5-4-6-14(20)19(16)22)15-9-12(21)7-8-18(15)25-2/h4-9,19,23H,3,10-11,22H2,1-2H3. The molecule has 0 saturated heterocycles. The molecule has 4 nitrogen and oxygen atoms in total. The predicted molar refractivity (Wildman–Crippen MR) is 98.1 cm³/mol. The zero-order valence-corrected chi connectivity index (χ0v) is 14.5. The summed E-state index contributed by atoms with van der Waals surface area (Å²) in [5.41, 5.74) is 12.6. The molecule has 4 rings (SSSR count). The van der Waals surface area contributed by atoms with E-state index >= 15 is 0 Å². The van der Waals surface area contributed by atoms with Gasteiger partial charge in [-0.3, -0.25) is 4.90 Å². The summed E-state index contributed by atoms with van der Waals surface area (Å²) < 4.78 is 19.3. The van der Waals surface area contributed by atoms with Gasteiger partial charge < -0.3 is 15.8 Å². The van der Waals surface area contributed by atoms with Crippen molar-refractivity contribution in [3.05, 3.63) is 59.0 Å². The monoisotopic (exact) mass is 339 g/mol. The van der Waals surface area contributed by atoms with Crippen LogP contribution in [0.25, 0.3) is 11.1 Å². The number of ether oxygens (including phenoxy) is 1. The Kier molecular flexibility index (Phi) is 3.98. The molecule has 2 aliphatic heterocycles. The number of likely N-dealkylation sites (N-methyl/N-ethyl adjacent to an activating group) is 1. The van der Waals surface area contributed by atoms with Crippen molar-refractivity contribution in [1.82, 2.24) is 4.90 Å². The fourth-order valence-corrected chi connectivity index (χ4v) is 3.77. The molecule has 3 N–H and O–H groups in total. The zero-order valence-electron chi connectivity index (χ0n) is 14.5. The molecular weight excluding hydrogens is 317 g/mol. The van der Waals surface area contributed by atoms with Crippen molar-refractivity contribution < 1.29 is 9.13 Å². The molecule has 1 atom stereocenters. The lowest BCUT2D eigenvalue weighted by Crippen LogP contribution is -2.24. The van der Waals surface area contributed by atoms with Crippen molar-refractivity contribution in [2.24, 2.45) is 5.73 Å². The first-order chi connectivity index (χ1) is 12.1. The van der Waals surface area contributed by atoms with E-state index in [2.05, 4.69) is 17.1 Å². The Morgan fingerprint density at radius 3 is 2.84 bits per heavy atom. The number of anilines is 1. The number of fused-ring (bicyclic) bond motifs is 1. The molecule has 0 fully saturated rings. The average molecular weight is 339 g/mol. The molecule has 2 aliphatic rings. The molecule has 2 heterocycles. The first kappa shape index (κ1) is 16.1. The van der Waals surface area contributed by atoms with Crippen molar-refractivity contribution >= 4 is 5.69 Å². The average Bonchev–Trinajstić information content (AvgIpc) is 3.05. The lowest BCUT2D eigenvalue weighted by molar-refractivity contribution is 0.362. The number of halogens is 1. The Morgan fingerprint density at radius 2 is 2.08 bits per heavy atom. The Labute approximate surface area is 147 Å². The van der Waals surface area contributed by atoms with Crippen LogP contribution in [-0.4, -0.2) is 31.6 Å². The molecule has 2 aromatic carbocycles. The lowest BCUT2D eigenvalue weighted by Gasteiger charge is -2.28. The van der Waals surface area contributed by atoms with Crippen LogP contribution in [0.3, 0.4) is 0 Å². The van der Waals surface area contributed by atoms with Crippen molar-refractivity contribution in [2.75, 3.05) is 32.1 Å². The van der Waals surface area contributed by atoms with Crippen molar-refractivity contribution in [3.8, 4) is 16.9 Å². The number of hydrogen-bond acceptors (Lipinski definition) is 4. The van der Waals surface area contributed by atoms with Gasteiger partial charge in [0, 0.05) is 29.9 Å². The van der Waals surface area contributed by atoms with E-state index in [0.29, 0.717) is 5.75 Å². The second-order valence-electron chi connectivity index (χ2n) is 6.52. The van der Waals surface area contributed by atoms with E-state index in [-0.39, 0.29) is 11.9 Å². The predicted octanol–water partition coefficient (Wildman–Crippen LogP) is 3.52. The largest absolute Gasteiger partial charge is 0.496 e. The van der Waals surface area contributed by atoms with Crippen molar-refractivity contribution in [3.63, 3.8) is 0 Å². The maximum absolute atomic E-state index is 13.9. The van der Waals surface area contributed by atoms with E-state index < -0.39 is 0 Å². The molecular formula is C20H22FN3O. The molecule has 0 aliphatic carbocycles. The highest BCUT2D eigenvalue weighted by Crippen LogP contribution is 2.44. The first-order valence-corrected chi connectivity index (χ1v) is 8.56. The smallest absolute Gasteiger partial charge is 0.126 e. The van der Waals surface area contributed by atoms with Crippen LogP contribution in [0.5, 0.6) is 5.75 Å². The van der Waals surface area contributed by atoms with Gasteiger partial charge in [-0.1, -0.05) is 25.1 Å². The number of methoxy groups -OCH3 is 1. The molecule has 0 saturated carbocycles. The van der Waals surface area contributed by atoms with Crippen molar-refractivity contribution in [1.29, 1.82) is 0 Å². The molecule has 0 amide bonds. The van der Waals surface area contributed by atoms with Crippen LogP contribution in [0.1, 0.15) is 18.5 Å². The van der Waals surface area contributed by atoms with Gasteiger partial charge >= 0.3 is 0 Å². The van der Waals surface area contributed by atoms with Gasteiger partial charge in [-0.05, 0) is 35.9 Å². The number of nitrogens with two attached hydrogens (primary N) is 1. The number of hydrogen-bond donors (Lipinski definition) is 2. The highest BCUT2D eigenvalue weighted by atomic mass is 19.1.